The number of nitrogens with one attached hydrogen (secondary N) is 2. The number of carbonyl (C=O) groups is 1. The van der Waals surface area contributed by atoms with Gasteiger partial charge in [-0.05, 0) is 56.2 Å². The van der Waals surface area contributed by atoms with Crippen molar-refractivity contribution >= 4 is 27.8 Å². The van der Waals surface area contributed by atoms with Crippen LogP contribution in [0.5, 0.6) is 0 Å². The van der Waals surface area contributed by atoms with Crippen molar-refractivity contribution < 1.29 is 28.2 Å². The minimum absolute atomic E-state index is 0.162. The van der Waals surface area contributed by atoms with E-state index in [1.165, 1.54) is 19.2 Å². The second-order valence-electron chi connectivity index (χ2n) is 10.2. The Balaban J connectivity index is 1.35. The maximum Gasteiger partial charge on any atom is 0.334 e. The second kappa shape index (κ2) is 11.7. The summed E-state index contributed by atoms with van der Waals surface area (Å²) in [5, 5.41) is 23.7. The average molecular weight is 555 g/mol. The van der Waals surface area contributed by atoms with Gasteiger partial charge in [0.1, 0.15) is 0 Å². The summed E-state index contributed by atoms with van der Waals surface area (Å²) in [5.41, 5.74) is 2.38. The summed E-state index contributed by atoms with van der Waals surface area (Å²) in [6.45, 7) is 4.98. The molecule has 208 valence electrons. The van der Waals surface area contributed by atoms with E-state index in [0.29, 0.717) is 36.3 Å². The van der Waals surface area contributed by atoms with Gasteiger partial charge in [0.25, 0.3) is 10.0 Å². The Morgan fingerprint density at radius 2 is 1.95 bits per heavy atom. The molecule has 0 saturated heterocycles. The molecule has 1 aliphatic rings. The predicted molar refractivity (Wildman–Crippen MR) is 148 cm³/mol. The van der Waals surface area contributed by atoms with Crippen LogP contribution in [0.1, 0.15) is 43.3 Å². The number of hydrogen-bond donors (Lipinski definition) is 4. The molecule has 10 nitrogen and oxygen atoms in total. The van der Waals surface area contributed by atoms with Crippen LogP contribution in [-0.4, -0.2) is 59.4 Å². The van der Waals surface area contributed by atoms with Gasteiger partial charge in [0.2, 0.25) is 0 Å². The summed E-state index contributed by atoms with van der Waals surface area (Å²) >= 11 is 0. The van der Waals surface area contributed by atoms with Gasteiger partial charge in [-0.1, -0.05) is 30.3 Å². The number of ether oxygens (including phenoxy) is 1. The van der Waals surface area contributed by atoms with Gasteiger partial charge >= 0.3 is 5.97 Å². The van der Waals surface area contributed by atoms with E-state index in [1.54, 1.807) is 54.9 Å². The van der Waals surface area contributed by atoms with Crippen molar-refractivity contribution in [1.82, 2.24) is 14.9 Å². The van der Waals surface area contributed by atoms with Crippen molar-refractivity contribution in [2.45, 2.75) is 55.9 Å². The van der Waals surface area contributed by atoms with Crippen molar-refractivity contribution in [2.24, 2.45) is 0 Å². The van der Waals surface area contributed by atoms with E-state index in [9.17, 15) is 23.4 Å². The van der Waals surface area contributed by atoms with E-state index in [4.69, 9.17) is 4.74 Å². The third kappa shape index (κ3) is 6.93. The van der Waals surface area contributed by atoms with E-state index in [1.807, 2.05) is 18.4 Å². The van der Waals surface area contributed by atoms with E-state index < -0.39 is 28.2 Å². The normalized spacial score (nSPS) is 16.3. The molecule has 1 unspecified atom stereocenters. The number of aryl methyl sites for hydroxylation is 1. The number of benzene rings is 2. The molecular formula is C28H34N4O6S. The van der Waals surface area contributed by atoms with E-state index in [0.717, 1.165) is 5.69 Å². The minimum Gasteiger partial charge on any atom is -0.478 e. The van der Waals surface area contributed by atoms with E-state index in [2.05, 4.69) is 15.0 Å². The molecule has 11 heteroatoms. The smallest absolute Gasteiger partial charge is 0.334 e. The standard InChI is InChI=1S/C28H34N4O6S/c1-28(2,12-13-32-18-29-23-15-22(27(34)35)26(38-3)16-24(23)32)30-17-25(33)19-8-7-9-20(14-19)31-39(36,37)21-10-5-4-6-11-21/h4-11,14-15,18,25-26,30-31,33H,12-13,16-17H2,1-3H3,(H,34,35)/t25-,26?/m0/s1. The molecule has 1 aliphatic carbocycles. The number of aliphatic hydroxyl groups excluding tert-OH is 1. The summed E-state index contributed by atoms with van der Waals surface area (Å²) in [5.74, 6) is -1.01. The number of hydrogen-bond acceptors (Lipinski definition) is 7. The zero-order valence-electron chi connectivity index (χ0n) is 22.2. The number of methoxy groups -OCH3 is 1. The number of aliphatic hydroxyl groups is 1. The number of carboxylic acids is 1. The Kier molecular flexibility index (Phi) is 8.55. The number of anilines is 1. The fourth-order valence-corrected chi connectivity index (χ4v) is 5.57. The van der Waals surface area contributed by atoms with Gasteiger partial charge in [0, 0.05) is 43.5 Å². The van der Waals surface area contributed by atoms with Gasteiger partial charge in [0.15, 0.2) is 0 Å². The lowest BCUT2D eigenvalue weighted by Gasteiger charge is -2.29. The average Bonchev–Trinajstić information content (AvgIpc) is 3.32. The topological polar surface area (TPSA) is 143 Å². The van der Waals surface area contributed by atoms with Crippen molar-refractivity contribution in [1.29, 1.82) is 0 Å². The molecule has 2 atom stereocenters. The van der Waals surface area contributed by atoms with Crippen LogP contribution in [0.25, 0.3) is 6.08 Å². The van der Waals surface area contributed by atoms with Crippen molar-refractivity contribution in [2.75, 3.05) is 18.4 Å². The molecule has 0 fully saturated rings. The van der Waals surface area contributed by atoms with Crippen molar-refractivity contribution in [3.8, 4) is 0 Å². The Hall–Kier alpha value is -3.51. The first-order valence-corrected chi connectivity index (χ1v) is 14.1. The van der Waals surface area contributed by atoms with Gasteiger partial charge < -0.3 is 24.8 Å². The molecule has 3 aromatic rings. The highest BCUT2D eigenvalue weighted by Crippen LogP contribution is 2.27. The summed E-state index contributed by atoms with van der Waals surface area (Å²) in [6, 6.07) is 14.8. The Bertz CT molecular complexity index is 1450. The van der Waals surface area contributed by atoms with Gasteiger partial charge in [-0.25, -0.2) is 18.2 Å². The number of rotatable bonds is 12. The molecule has 0 saturated carbocycles. The third-order valence-corrected chi connectivity index (χ3v) is 8.25. The van der Waals surface area contributed by atoms with Crippen LogP contribution in [0.2, 0.25) is 0 Å². The molecule has 39 heavy (non-hydrogen) atoms. The molecule has 0 amide bonds. The zero-order chi connectivity index (χ0) is 28.2. The number of β-amino-alcohol motifs (C(OH)–C–C–N with tert-alkyl or cyclic N) is 1. The number of aromatic nitrogens is 2. The lowest BCUT2D eigenvalue weighted by atomic mass is 9.96. The fourth-order valence-electron chi connectivity index (χ4n) is 4.50. The van der Waals surface area contributed by atoms with Gasteiger partial charge in [-0.3, -0.25) is 4.72 Å². The molecule has 2 aromatic carbocycles. The van der Waals surface area contributed by atoms with Crippen LogP contribution in [0.15, 0.2) is 71.4 Å². The van der Waals surface area contributed by atoms with Crippen LogP contribution in [0, 0.1) is 0 Å². The molecular weight excluding hydrogens is 520 g/mol. The lowest BCUT2D eigenvalue weighted by molar-refractivity contribution is -0.133. The highest BCUT2D eigenvalue weighted by molar-refractivity contribution is 7.92. The highest BCUT2D eigenvalue weighted by atomic mass is 32.2. The minimum atomic E-state index is -3.73. The first-order valence-electron chi connectivity index (χ1n) is 12.6. The summed E-state index contributed by atoms with van der Waals surface area (Å²) in [6.07, 6.45) is 3.05. The van der Waals surface area contributed by atoms with Crippen LogP contribution in [0.3, 0.4) is 0 Å². The second-order valence-corrected chi connectivity index (χ2v) is 11.9. The van der Waals surface area contributed by atoms with Crippen LogP contribution in [0.4, 0.5) is 5.69 Å². The zero-order valence-corrected chi connectivity index (χ0v) is 23.0. The summed E-state index contributed by atoms with van der Waals surface area (Å²) < 4.78 is 35.3. The Labute approximate surface area is 228 Å². The van der Waals surface area contributed by atoms with E-state index in [-0.39, 0.29) is 22.6 Å². The fraction of sp³-hybridized carbons (Fsp3) is 0.357. The maximum atomic E-state index is 12.7. The first kappa shape index (κ1) is 28.5. The number of carboxylic acid groups (broad SMARTS) is 1. The molecule has 0 bridgehead atoms. The summed E-state index contributed by atoms with van der Waals surface area (Å²) in [4.78, 5) is 16.1. The highest BCUT2D eigenvalue weighted by Gasteiger charge is 2.29. The number of fused-ring (bicyclic) bond motifs is 1. The van der Waals surface area contributed by atoms with Crippen molar-refractivity contribution in [3.05, 3.63) is 83.4 Å². The number of imidazole rings is 1. The lowest BCUT2D eigenvalue weighted by Crippen LogP contribution is -2.42. The van der Waals surface area contributed by atoms with Gasteiger partial charge in [-0.2, -0.15) is 0 Å². The quantitative estimate of drug-likeness (QED) is 0.267. The Morgan fingerprint density at radius 1 is 1.21 bits per heavy atom. The molecule has 0 radical (unpaired) electrons. The number of aliphatic carboxylic acids is 1. The monoisotopic (exact) mass is 554 g/mol. The molecule has 4 rings (SSSR count). The number of nitrogens with zero attached hydrogens (tertiary/aromatic N) is 2. The maximum absolute atomic E-state index is 12.7. The Morgan fingerprint density at radius 3 is 2.64 bits per heavy atom. The molecule has 1 aromatic heterocycles. The van der Waals surface area contributed by atoms with Gasteiger partial charge in [-0.15, -0.1) is 0 Å². The molecule has 0 spiro atoms. The first-order chi connectivity index (χ1) is 18.5. The van der Waals surface area contributed by atoms with Crippen LogP contribution >= 0.6 is 0 Å². The van der Waals surface area contributed by atoms with Crippen molar-refractivity contribution in [3.63, 3.8) is 0 Å². The third-order valence-electron chi connectivity index (χ3n) is 6.86. The van der Waals surface area contributed by atoms with Crippen LogP contribution in [-0.2, 0) is 32.5 Å². The number of sulfonamides is 1. The molecule has 1 heterocycles. The van der Waals surface area contributed by atoms with Crippen LogP contribution < -0.4 is 10.0 Å². The summed E-state index contributed by atoms with van der Waals surface area (Å²) in [7, 11) is -2.24. The van der Waals surface area contributed by atoms with E-state index >= 15 is 0 Å². The largest absolute Gasteiger partial charge is 0.478 e. The van der Waals surface area contributed by atoms with Gasteiger partial charge in [0.05, 0.1) is 34.7 Å². The molecule has 4 N–H and O–H groups in total. The SMILES string of the molecule is COC1Cc2c(ncn2CCC(C)(C)NC[C@H](O)c2cccc(NS(=O)(=O)c3ccccc3)c2)C=C1C(=O)O. The molecule has 0 aliphatic heterocycles. The predicted octanol–water partition coefficient (Wildman–Crippen LogP) is 3.21.